The first kappa shape index (κ1) is 21.1. The van der Waals surface area contributed by atoms with Crippen molar-refractivity contribution >= 4 is 18.0 Å². The minimum Gasteiger partial charge on any atom is -0.481 e. The van der Waals surface area contributed by atoms with Crippen LogP contribution < -0.4 is 0 Å². The van der Waals surface area contributed by atoms with Gasteiger partial charge in [-0.1, -0.05) is 62.4 Å². The number of hydrogen-bond donors (Lipinski definition) is 2. The van der Waals surface area contributed by atoms with E-state index in [1.54, 1.807) is 4.90 Å². The number of benzene rings is 1. The quantitative estimate of drug-likeness (QED) is 0.672. The number of ether oxygens (including phenoxy) is 1. The molecule has 29 heavy (non-hydrogen) atoms. The number of carbonyl (C=O) groups excluding carboxylic acids is 1. The molecule has 1 saturated heterocycles. The Morgan fingerprint density at radius 2 is 1.62 bits per heavy atom. The molecule has 1 saturated carbocycles. The Hall–Kier alpha value is -2.57. The highest BCUT2D eigenvalue weighted by atomic mass is 16.6. The van der Waals surface area contributed by atoms with Crippen molar-refractivity contribution in [1.82, 2.24) is 4.90 Å². The normalized spacial score (nSPS) is 21.1. The highest BCUT2D eigenvalue weighted by Gasteiger charge is 2.48. The number of rotatable bonds is 7. The monoisotopic (exact) mass is 403 g/mol. The molecule has 1 aromatic rings. The second kappa shape index (κ2) is 9.76. The summed E-state index contributed by atoms with van der Waals surface area (Å²) >= 11 is 0. The average molecular weight is 403 g/mol. The number of aliphatic carboxylic acids is 2. The maximum atomic E-state index is 12.8. The van der Waals surface area contributed by atoms with Crippen LogP contribution in [0.2, 0.25) is 0 Å². The van der Waals surface area contributed by atoms with Crippen molar-refractivity contribution in [1.29, 1.82) is 0 Å². The fourth-order valence-corrected chi connectivity index (χ4v) is 4.98. The highest BCUT2D eigenvalue weighted by Crippen LogP contribution is 2.41. The van der Waals surface area contributed by atoms with Crippen LogP contribution in [0.25, 0.3) is 0 Å². The summed E-state index contributed by atoms with van der Waals surface area (Å²) in [6.07, 6.45) is 5.49. The van der Waals surface area contributed by atoms with Crippen molar-refractivity contribution in [2.45, 2.75) is 57.6 Å². The van der Waals surface area contributed by atoms with Gasteiger partial charge < -0.3 is 19.8 Å². The number of amides is 1. The number of carboxylic acid groups (broad SMARTS) is 2. The SMILES string of the molecule is O=C(O)C(C(=O)O)C(C1CCCCC1)C1CCCN1C(=O)OCc1ccccc1. The minimum atomic E-state index is -1.51. The van der Waals surface area contributed by atoms with Gasteiger partial charge in [-0.2, -0.15) is 0 Å². The number of likely N-dealkylation sites (tertiary alicyclic amines) is 1. The molecule has 0 radical (unpaired) electrons. The molecule has 1 aliphatic carbocycles. The number of carbonyl (C=O) groups is 3. The van der Waals surface area contributed by atoms with Gasteiger partial charge in [-0.05, 0) is 24.3 Å². The summed E-state index contributed by atoms with van der Waals surface area (Å²) in [5.74, 6) is -4.76. The maximum Gasteiger partial charge on any atom is 0.410 e. The second-order valence-corrected chi connectivity index (χ2v) is 8.07. The molecule has 1 aliphatic heterocycles. The second-order valence-electron chi connectivity index (χ2n) is 8.07. The third-order valence-corrected chi connectivity index (χ3v) is 6.29. The maximum absolute atomic E-state index is 12.8. The number of nitrogens with zero attached hydrogens (tertiary/aromatic N) is 1. The van der Waals surface area contributed by atoms with Crippen LogP contribution in [-0.2, 0) is 20.9 Å². The fraction of sp³-hybridized carbons (Fsp3) is 0.591. The van der Waals surface area contributed by atoms with Gasteiger partial charge in [0.1, 0.15) is 6.61 Å². The van der Waals surface area contributed by atoms with Crippen LogP contribution in [0.15, 0.2) is 30.3 Å². The summed E-state index contributed by atoms with van der Waals surface area (Å²) in [7, 11) is 0. The third kappa shape index (κ3) is 5.08. The summed E-state index contributed by atoms with van der Waals surface area (Å²) in [6, 6.07) is 8.93. The summed E-state index contributed by atoms with van der Waals surface area (Å²) in [5.41, 5.74) is 0.870. The van der Waals surface area contributed by atoms with E-state index in [1.165, 1.54) is 0 Å². The predicted octanol–water partition coefficient (Wildman–Crippen LogP) is 3.77. The van der Waals surface area contributed by atoms with E-state index >= 15 is 0 Å². The molecular weight excluding hydrogens is 374 g/mol. The lowest BCUT2D eigenvalue weighted by Gasteiger charge is -2.39. The van der Waals surface area contributed by atoms with Crippen LogP contribution >= 0.6 is 0 Å². The van der Waals surface area contributed by atoms with E-state index in [0.717, 1.165) is 44.1 Å². The Bertz CT molecular complexity index is 701. The molecule has 0 bridgehead atoms. The van der Waals surface area contributed by atoms with E-state index in [9.17, 15) is 24.6 Å². The van der Waals surface area contributed by atoms with Crippen LogP contribution in [0, 0.1) is 17.8 Å². The van der Waals surface area contributed by atoms with Gasteiger partial charge in [-0.25, -0.2) is 4.79 Å². The van der Waals surface area contributed by atoms with Gasteiger partial charge in [-0.3, -0.25) is 9.59 Å². The lowest BCUT2D eigenvalue weighted by Crippen LogP contribution is -2.49. The topological polar surface area (TPSA) is 104 Å². The molecule has 1 heterocycles. The largest absolute Gasteiger partial charge is 0.481 e. The molecule has 2 atom stereocenters. The third-order valence-electron chi connectivity index (χ3n) is 6.29. The van der Waals surface area contributed by atoms with Crippen molar-refractivity contribution in [3.63, 3.8) is 0 Å². The first-order valence-electron chi connectivity index (χ1n) is 10.4. The zero-order chi connectivity index (χ0) is 20.8. The van der Waals surface area contributed by atoms with Crippen molar-refractivity contribution < 1.29 is 29.3 Å². The van der Waals surface area contributed by atoms with E-state index in [4.69, 9.17) is 4.74 Å². The first-order chi connectivity index (χ1) is 14.0. The fourth-order valence-electron chi connectivity index (χ4n) is 4.98. The Morgan fingerprint density at radius 3 is 2.24 bits per heavy atom. The smallest absolute Gasteiger partial charge is 0.410 e. The molecule has 1 aromatic carbocycles. The standard InChI is InChI=1S/C22H29NO6/c24-20(25)19(21(26)27)18(16-10-5-2-6-11-16)17-12-7-13-23(17)22(28)29-14-15-8-3-1-4-9-15/h1,3-4,8-9,16-19H,2,5-7,10-14H2,(H,24,25)(H,26,27). The molecule has 7 heteroatoms. The number of hydrogen-bond acceptors (Lipinski definition) is 4. The molecule has 2 fully saturated rings. The zero-order valence-electron chi connectivity index (χ0n) is 16.5. The van der Waals surface area contributed by atoms with Gasteiger partial charge in [-0.15, -0.1) is 0 Å². The highest BCUT2D eigenvalue weighted by molar-refractivity contribution is 5.93. The van der Waals surface area contributed by atoms with E-state index in [2.05, 4.69) is 0 Å². The minimum absolute atomic E-state index is 0.00604. The van der Waals surface area contributed by atoms with Crippen LogP contribution in [0.5, 0.6) is 0 Å². The van der Waals surface area contributed by atoms with Gasteiger partial charge in [0.15, 0.2) is 5.92 Å². The van der Waals surface area contributed by atoms with E-state index < -0.39 is 35.9 Å². The van der Waals surface area contributed by atoms with Crippen molar-refractivity contribution in [3.05, 3.63) is 35.9 Å². The van der Waals surface area contributed by atoms with Crippen molar-refractivity contribution in [2.24, 2.45) is 17.8 Å². The first-order valence-corrected chi connectivity index (χ1v) is 10.4. The van der Waals surface area contributed by atoms with Crippen LogP contribution in [0.4, 0.5) is 4.79 Å². The van der Waals surface area contributed by atoms with Gasteiger partial charge in [0.05, 0.1) is 0 Å². The zero-order valence-corrected chi connectivity index (χ0v) is 16.5. The number of carboxylic acids is 2. The molecule has 0 aromatic heterocycles. The lowest BCUT2D eigenvalue weighted by atomic mass is 9.70. The molecule has 158 valence electrons. The molecule has 2 aliphatic rings. The Kier molecular flexibility index (Phi) is 7.12. The predicted molar refractivity (Wildman–Crippen MR) is 105 cm³/mol. The summed E-state index contributed by atoms with van der Waals surface area (Å²) in [6.45, 7) is 0.603. The van der Waals surface area contributed by atoms with Crippen LogP contribution in [0.1, 0.15) is 50.5 Å². The molecular formula is C22H29NO6. The van der Waals surface area contributed by atoms with Crippen LogP contribution in [-0.4, -0.2) is 45.7 Å². The average Bonchev–Trinajstić information content (AvgIpc) is 3.20. The van der Waals surface area contributed by atoms with Crippen molar-refractivity contribution in [3.8, 4) is 0 Å². The molecule has 1 amide bonds. The van der Waals surface area contributed by atoms with E-state index in [1.807, 2.05) is 30.3 Å². The molecule has 0 spiro atoms. The van der Waals surface area contributed by atoms with Gasteiger partial charge in [0, 0.05) is 18.5 Å². The van der Waals surface area contributed by atoms with E-state index in [0.29, 0.717) is 13.0 Å². The molecule has 2 unspecified atom stereocenters. The summed E-state index contributed by atoms with van der Waals surface area (Å²) < 4.78 is 5.47. The molecule has 3 rings (SSSR count). The van der Waals surface area contributed by atoms with Gasteiger partial charge in [0.2, 0.25) is 0 Å². The summed E-state index contributed by atoms with van der Waals surface area (Å²) in [5, 5.41) is 19.3. The molecule has 7 nitrogen and oxygen atoms in total. The summed E-state index contributed by atoms with van der Waals surface area (Å²) in [4.78, 5) is 38.1. The van der Waals surface area contributed by atoms with E-state index in [-0.39, 0.29) is 12.5 Å². The van der Waals surface area contributed by atoms with Gasteiger partial charge >= 0.3 is 18.0 Å². The Morgan fingerprint density at radius 1 is 0.966 bits per heavy atom. The van der Waals surface area contributed by atoms with Gasteiger partial charge in [0.25, 0.3) is 0 Å². The lowest BCUT2D eigenvalue weighted by molar-refractivity contribution is -0.160. The Labute approximate surface area is 170 Å². The van der Waals surface area contributed by atoms with Crippen molar-refractivity contribution in [2.75, 3.05) is 6.54 Å². The molecule has 2 N–H and O–H groups in total. The Balaban J connectivity index is 1.78. The van der Waals surface area contributed by atoms with Crippen LogP contribution in [0.3, 0.4) is 0 Å².